The van der Waals surface area contributed by atoms with Crippen LogP contribution < -0.4 is 10.6 Å². The van der Waals surface area contributed by atoms with Gasteiger partial charge in [-0.2, -0.15) is 0 Å². The van der Waals surface area contributed by atoms with Crippen molar-refractivity contribution in [1.29, 1.82) is 0 Å². The van der Waals surface area contributed by atoms with Crippen LogP contribution in [0.3, 0.4) is 0 Å². The van der Waals surface area contributed by atoms with Crippen molar-refractivity contribution in [2.24, 2.45) is 0 Å². The molecule has 0 spiro atoms. The Morgan fingerprint density at radius 1 is 1.30 bits per heavy atom. The molecule has 0 bridgehead atoms. The molecule has 2 aliphatic heterocycles. The molecule has 23 heavy (non-hydrogen) atoms. The number of likely N-dealkylation sites (tertiary alicyclic amines) is 1. The molecule has 0 aromatic heterocycles. The highest BCUT2D eigenvalue weighted by Crippen LogP contribution is 2.22. The molecule has 1 fully saturated rings. The molecule has 0 radical (unpaired) electrons. The number of fused-ring (bicyclic) bond motifs is 1. The van der Waals surface area contributed by atoms with Gasteiger partial charge in [0.25, 0.3) is 0 Å². The zero-order chi connectivity index (χ0) is 16.2. The third kappa shape index (κ3) is 3.39. The van der Waals surface area contributed by atoms with Crippen LogP contribution in [0.5, 0.6) is 0 Å². The van der Waals surface area contributed by atoms with Gasteiger partial charge in [-0.3, -0.25) is 9.59 Å². The summed E-state index contributed by atoms with van der Waals surface area (Å²) in [6.45, 7) is 4.10. The summed E-state index contributed by atoms with van der Waals surface area (Å²) in [4.78, 5) is 26.9. The normalized spacial score (nSPS) is 23.4. The zero-order valence-electron chi connectivity index (χ0n) is 13.7. The molecule has 1 aromatic rings. The standard InChI is InChI=1S/C18H25N3O2/c1-2-9-19-17(22)16-8-5-10-21(16)18(23)15-11-13-6-3-4-7-14(13)12-20-15/h3-4,6-7,15-16,20H,2,5,8-12H2,1H3,(H,19,22). The van der Waals surface area contributed by atoms with Gasteiger partial charge in [-0.1, -0.05) is 31.2 Å². The lowest BCUT2D eigenvalue weighted by molar-refractivity contribution is -0.140. The number of carbonyl (C=O) groups excluding carboxylic acids is 2. The average molecular weight is 315 g/mol. The fraction of sp³-hybridized carbons (Fsp3) is 0.556. The van der Waals surface area contributed by atoms with Crippen LogP contribution in [-0.2, 0) is 22.6 Å². The maximum Gasteiger partial charge on any atom is 0.242 e. The summed E-state index contributed by atoms with van der Waals surface area (Å²) in [5.41, 5.74) is 2.49. The quantitative estimate of drug-likeness (QED) is 0.878. The monoisotopic (exact) mass is 315 g/mol. The van der Waals surface area contributed by atoms with E-state index in [0.29, 0.717) is 26.1 Å². The minimum Gasteiger partial charge on any atom is -0.354 e. The fourth-order valence-electron chi connectivity index (χ4n) is 3.50. The predicted octanol–water partition coefficient (Wildman–Crippen LogP) is 1.22. The largest absolute Gasteiger partial charge is 0.354 e. The van der Waals surface area contributed by atoms with E-state index in [9.17, 15) is 9.59 Å². The molecule has 3 rings (SSSR count). The SMILES string of the molecule is CCCNC(=O)C1CCCN1C(=O)C1Cc2ccccc2CN1. The van der Waals surface area contributed by atoms with Crippen molar-refractivity contribution in [3.63, 3.8) is 0 Å². The van der Waals surface area contributed by atoms with Crippen LogP contribution in [0.15, 0.2) is 24.3 Å². The topological polar surface area (TPSA) is 61.4 Å². The van der Waals surface area contributed by atoms with Crippen LogP contribution >= 0.6 is 0 Å². The van der Waals surface area contributed by atoms with E-state index >= 15 is 0 Å². The second-order valence-corrected chi connectivity index (χ2v) is 6.39. The fourth-order valence-corrected chi connectivity index (χ4v) is 3.50. The van der Waals surface area contributed by atoms with Gasteiger partial charge in [-0.25, -0.2) is 0 Å². The highest BCUT2D eigenvalue weighted by Gasteiger charge is 2.37. The maximum absolute atomic E-state index is 12.9. The highest BCUT2D eigenvalue weighted by atomic mass is 16.2. The van der Waals surface area contributed by atoms with Gasteiger partial charge >= 0.3 is 0 Å². The van der Waals surface area contributed by atoms with Crippen molar-refractivity contribution in [3.8, 4) is 0 Å². The van der Waals surface area contributed by atoms with E-state index in [2.05, 4.69) is 22.8 Å². The number of amides is 2. The Hall–Kier alpha value is -1.88. The van der Waals surface area contributed by atoms with Gasteiger partial charge in [-0.15, -0.1) is 0 Å². The molecule has 0 aliphatic carbocycles. The van der Waals surface area contributed by atoms with E-state index in [4.69, 9.17) is 0 Å². The van der Waals surface area contributed by atoms with E-state index in [0.717, 1.165) is 19.3 Å². The van der Waals surface area contributed by atoms with Crippen molar-refractivity contribution >= 4 is 11.8 Å². The molecule has 1 aromatic carbocycles. The van der Waals surface area contributed by atoms with E-state index in [-0.39, 0.29) is 23.9 Å². The lowest BCUT2D eigenvalue weighted by atomic mass is 9.95. The molecule has 5 heteroatoms. The molecule has 0 saturated carbocycles. The summed E-state index contributed by atoms with van der Waals surface area (Å²) in [6, 6.07) is 7.71. The molecular formula is C18H25N3O2. The van der Waals surface area contributed by atoms with Gasteiger partial charge in [0.15, 0.2) is 0 Å². The first-order chi connectivity index (χ1) is 11.2. The summed E-state index contributed by atoms with van der Waals surface area (Å²) in [5.74, 6) is 0.0579. The molecule has 5 nitrogen and oxygen atoms in total. The van der Waals surface area contributed by atoms with Gasteiger partial charge in [0, 0.05) is 19.6 Å². The number of benzene rings is 1. The molecule has 2 aliphatic rings. The van der Waals surface area contributed by atoms with Crippen LogP contribution in [0.1, 0.15) is 37.3 Å². The Morgan fingerprint density at radius 3 is 2.87 bits per heavy atom. The summed E-state index contributed by atoms with van der Waals surface area (Å²) < 4.78 is 0. The summed E-state index contributed by atoms with van der Waals surface area (Å²) in [5, 5.41) is 6.26. The van der Waals surface area contributed by atoms with Gasteiger partial charge < -0.3 is 15.5 Å². The van der Waals surface area contributed by atoms with Gasteiger partial charge in [0.1, 0.15) is 6.04 Å². The Balaban J connectivity index is 1.67. The third-order valence-electron chi connectivity index (χ3n) is 4.77. The first kappa shape index (κ1) is 16.0. The number of hydrogen-bond donors (Lipinski definition) is 2. The second-order valence-electron chi connectivity index (χ2n) is 6.39. The molecule has 2 unspecified atom stereocenters. The van der Waals surface area contributed by atoms with Crippen molar-refractivity contribution in [1.82, 2.24) is 15.5 Å². The van der Waals surface area contributed by atoms with E-state index < -0.39 is 0 Å². The smallest absolute Gasteiger partial charge is 0.242 e. The average Bonchev–Trinajstić information content (AvgIpc) is 3.08. The third-order valence-corrected chi connectivity index (χ3v) is 4.77. The number of hydrogen-bond acceptors (Lipinski definition) is 3. The number of nitrogens with one attached hydrogen (secondary N) is 2. The maximum atomic E-state index is 12.9. The van der Waals surface area contributed by atoms with Gasteiger partial charge in [0.05, 0.1) is 6.04 Å². The van der Waals surface area contributed by atoms with Crippen LogP contribution in [0.25, 0.3) is 0 Å². The zero-order valence-corrected chi connectivity index (χ0v) is 13.7. The van der Waals surface area contributed by atoms with Crippen molar-refractivity contribution in [2.45, 2.75) is 51.2 Å². The first-order valence-corrected chi connectivity index (χ1v) is 8.59. The summed E-state index contributed by atoms with van der Waals surface area (Å²) in [6.07, 6.45) is 3.28. The van der Waals surface area contributed by atoms with Crippen molar-refractivity contribution < 1.29 is 9.59 Å². The second kappa shape index (κ2) is 7.13. The van der Waals surface area contributed by atoms with E-state index in [1.165, 1.54) is 11.1 Å². The number of rotatable bonds is 4. The Bertz CT molecular complexity index is 587. The highest BCUT2D eigenvalue weighted by molar-refractivity contribution is 5.90. The molecule has 1 saturated heterocycles. The lowest BCUT2D eigenvalue weighted by Gasteiger charge is -2.31. The summed E-state index contributed by atoms with van der Waals surface area (Å²) >= 11 is 0. The molecule has 124 valence electrons. The van der Waals surface area contributed by atoms with E-state index in [1.807, 2.05) is 19.1 Å². The van der Waals surface area contributed by atoms with Gasteiger partial charge in [0.2, 0.25) is 11.8 Å². The lowest BCUT2D eigenvalue weighted by Crippen LogP contribution is -2.54. The molecule has 2 N–H and O–H groups in total. The Labute approximate surface area is 137 Å². The summed E-state index contributed by atoms with van der Waals surface area (Å²) in [7, 11) is 0. The van der Waals surface area contributed by atoms with Crippen LogP contribution in [0.2, 0.25) is 0 Å². The van der Waals surface area contributed by atoms with Crippen LogP contribution in [0.4, 0.5) is 0 Å². The Morgan fingerprint density at radius 2 is 2.09 bits per heavy atom. The minimum absolute atomic E-state index is 0.00564. The van der Waals surface area contributed by atoms with Crippen LogP contribution in [0, 0.1) is 0 Å². The molecule has 2 amide bonds. The minimum atomic E-state index is -0.298. The molecule has 2 heterocycles. The van der Waals surface area contributed by atoms with Crippen molar-refractivity contribution in [3.05, 3.63) is 35.4 Å². The van der Waals surface area contributed by atoms with Gasteiger partial charge in [-0.05, 0) is 36.8 Å². The van der Waals surface area contributed by atoms with Crippen molar-refractivity contribution in [2.75, 3.05) is 13.1 Å². The number of nitrogens with zero attached hydrogens (tertiary/aromatic N) is 1. The predicted molar refractivity (Wildman–Crippen MR) is 88.8 cm³/mol. The molecular weight excluding hydrogens is 290 g/mol. The van der Waals surface area contributed by atoms with E-state index in [1.54, 1.807) is 4.90 Å². The molecule has 2 atom stereocenters. The number of carbonyl (C=O) groups is 2. The van der Waals surface area contributed by atoms with Crippen LogP contribution in [-0.4, -0.2) is 41.9 Å². The first-order valence-electron chi connectivity index (χ1n) is 8.59. The Kier molecular flexibility index (Phi) is 4.96.